The first kappa shape index (κ1) is 37.5. The molecule has 49 heavy (non-hydrogen) atoms. The van der Waals surface area contributed by atoms with E-state index in [0.29, 0.717) is 0 Å². The van der Waals surface area contributed by atoms with Crippen LogP contribution in [0.15, 0.2) is 109 Å². The van der Waals surface area contributed by atoms with Gasteiger partial charge in [0.1, 0.15) is 0 Å². The molecule has 0 N–H and O–H groups in total. The van der Waals surface area contributed by atoms with E-state index in [4.69, 9.17) is 4.74 Å². The number of ether oxygens (including phenoxy) is 1. The van der Waals surface area contributed by atoms with E-state index in [9.17, 15) is 0 Å². The predicted molar refractivity (Wildman–Crippen MR) is 215 cm³/mol. The Morgan fingerprint density at radius 1 is 0.633 bits per heavy atom. The Kier molecular flexibility index (Phi) is 16.4. The number of thioether (sulfide) groups is 2. The predicted octanol–water partition coefficient (Wildman–Crippen LogP) is 8.11. The van der Waals surface area contributed by atoms with Crippen molar-refractivity contribution in [2.24, 2.45) is 0 Å². The largest absolute Gasteiger partial charge is 0.379 e. The third-order valence-electron chi connectivity index (χ3n) is 9.28. The van der Waals surface area contributed by atoms with Crippen molar-refractivity contribution in [3.63, 3.8) is 0 Å². The van der Waals surface area contributed by atoms with Crippen molar-refractivity contribution in [3.8, 4) is 11.1 Å². The van der Waals surface area contributed by atoms with Crippen molar-refractivity contribution >= 4 is 29.2 Å². The van der Waals surface area contributed by atoms with Gasteiger partial charge in [0.05, 0.1) is 13.2 Å². The molecule has 0 bridgehead atoms. The van der Waals surface area contributed by atoms with Crippen LogP contribution in [0.5, 0.6) is 0 Å². The molecule has 5 nitrogen and oxygen atoms in total. The van der Waals surface area contributed by atoms with Crippen LogP contribution in [0.2, 0.25) is 0 Å². The number of para-hydroxylation sites is 1. The summed E-state index contributed by atoms with van der Waals surface area (Å²) in [6.45, 7) is 14.6. The minimum atomic E-state index is 0.857. The van der Waals surface area contributed by atoms with E-state index in [0.717, 1.165) is 102 Å². The van der Waals surface area contributed by atoms with Gasteiger partial charge in [0.25, 0.3) is 0 Å². The summed E-state index contributed by atoms with van der Waals surface area (Å²) < 4.78 is 5.60. The molecule has 0 aliphatic carbocycles. The number of anilines is 1. The SMILES string of the molecule is CCN(C)CCN(CCSCc1cccc(-c2cccc(CN(CCSCc3ccccc3)CCN3CCOCC3)c2)c1)c1ccccc1. The highest BCUT2D eigenvalue weighted by atomic mass is 32.2. The van der Waals surface area contributed by atoms with E-state index in [2.05, 4.69) is 143 Å². The average Bonchev–Trinajstić information content (AvgIpc) is 3.16. The molecule has 0 amide bonds. The van der Waals surface area contributed by atoms with Gasteiger partial charge in [0.2, 0.25) is 0 Å². The number of hydrogen-bond donors (Lipinski definition) is 0. The maximum absolute atomic E-state index is 5.60. The van der Waals surface area contributed by atoms with Crippen LogP contribution in [0.4, 0.5) is 5.69 Å². The van der Waals surface area contributed by atoms with Gasteiger partial charge in [0, 0.05) is 87.6 Å². The van der Waals surface area contributed by atoms with Gasteiger partial charge in [-0.3, -0.25) is 9.80 Å². The quantitative estimate of drug-likeness (QED) is 0.0811. The summed E-state index contributed by atoms with van der Waals surface area (Å²) >= 11 is 4.07. The average molecular weight is 697 g/mol. The number of morpholine rings is 1. The van der Waals surface area contributed by atoms with Crippen LogP contribution < -0.4 is 4.90 Å². The first-order valence-electron chi connectivity index (χ1n) is 18.0. The van der Waals surface area contributed by atoms with Gasteiger partial charge in [-0.25, -0.2) is 0 Å². The third-order valence-corrected chi connectivity index (χ3v) is 11.3. The summed E-state index contributed by atoms with van der Waals surface area (Å²) in [6, 6.07) is 40.1. The van der Waals surface area contributed by atoms with Crippen molar-refractivity contribution in [2.75, 3.05) is 95.6 Å². The van der Waals surface area contributed by atoms with Crippen LogP contribution in [0.25, 0.3) is 11.1 Å². The van der Waals surface area contributed by atoms with Crippen LogP contribution in [0.3, 0.4) is 0 Å². The Hall–Kier alpha value is -2.78. The molecule has 5 rings (SSSR count). The van der Waals surface area contributed by atoms with Crippen molar-refractivity contribution < 1.29 is 4.74 Å². The molecule has 0 radical (unpaired) electrons. The fraction of sp³-hybridized carbons (Fsp3) is 0.429. The molecule has 1 aliphatic heterocycles. The summed E-state index contributed by atoms with van der Waals surface area (Å²) in [5.74, 6) is 4.34. The third kappa shape index (κ3) is 13.5. The molecule has 7 heteroatoms. The highest BCUT2D eigenvalue weighted by Crippen LogP contribution is 2.25. The van der Waals surface area contributed by atoms with Gasteiger partial charge in [-0.05, 0) is 59.6 Å². The smallest absolute Gasteiger partial charge is 0.0594 e. The maximum Gasteiger partial charge on any atom is 0.0594 e. The highest BCUT2D eigenvalue weighted by Gasteiger charge is 2.14. The molecule has 262 valence electrons. The fourth-order valence-electron chi connectivity index (χ4n) is 6.11. The molecular weight excluding hydrogens is 641 g/mol. The number of nitrogens with zero attached hydrogens (tertiary/aromatic N) is 4. The summed E-state index contributed by atoms with van der Waals surface area (Å²) in [5.41, 5.74) is 8.14. The molecule has 0 unspecified atom stereocenters. The molecule has 0 saturated carbocycles. The lowest BCUT2D eigenvalue weighted by atomic mass is 10.0. The molecule has 1 fully saturated rings. The lowest BCUT2D eigenvalue weighted by Gasteiger charge is -2.30. The molecule has 1 saturated heterocycles. The molecule has 1 heterocycles. The van der Waals surface area contributed by atoms with E-state index >= 15 is 0 Å². The van der Waals surface area contributed by atoms with E-state index in [-0.39, 0.29) is 0 Å². The van der Waals surface area contributed by atoms with Crippen LogP contribution >= 0.6 is 23.5 Å². The van der Waals surface area contributed by atoms with Gasteiger partial charge < -0.3 is 14.5 Å². The van der Waals surface area contributed by atoms with E-state index in [1.807, 2.05) is 23.5 Å². The van der Waals surface area contributed by atoms with E-state index in [1.54, 1.807) is 0 Å². The summed E-state index contributed by atoms with van der Waals surface area (Å²) in [4.78, 5) is 10.1. The molecule has 0 atom stereocenters. The van der Waals surface area contributed by atoms with Crippen LogP contribution in [0.1, 0.15) is 23.6 Å². The van der Waals surface area contributed by atoms with Crippen LogP contribution in [-0.4, -0.2) is 105 Å². The van der Waals surface area contributed by atoms with Gasteiger partial charge in [-0.1, -0.05) is 97.9 Å². The molecule has 4 aromatic carbocycles. The monoisotopic (exact) mass is 696 g/mol. The zero-order valence-electron chi connectivity index (χ0n) is 29.7. The zero-order chi connectivity index (χ0) is 33.9. The van der Waals surface area contributed by atoms with Crippen molar-refractivity contribution in [1.29, 1.82) is 0 Å². The van der Waals surface area contributed by atoms with Crippen LogP contribution in [-0.2, 0) is 22.8 Å². The topological polar surface area (TPSA) is 22.2 Å². The Bertz CT molecular complexity index is 1470. The molecule has 4 aromatic rings. The second kappa shape index (κ2) is 21.4. The van der Waals surface area contributed by atoms with Crippen molar-refractivity contribution in [3.05, 3.63) is 126 Å². The van der Waals surface area contributed by atoms with Crippen LogP contribution in [0, 0.1) is 0 Å². The van der Waals surface area contributed by atoms with Gasteiger partial charge in [0.15, 0.2) is 0 Å². The van der Waals surface area contributed by atoms with Gasteiger partial charge >= 0.3 is 0 Å². The molecule has 0 aromatic heterocycles. The Balaban J connectivity index is 1.15. The summed E-state index contributed by atoms with van der Waals surface area (Å²) in [6.07, 6.45) is 0. The van der Waals surface area contributed by atoms with E-state index < -0.39 is 0 Å². The Morgan fingerprint density at radius 3 is 1.96 bits per heavy atom. The number of likely N-dealkylation sites (N-methyl/N-ethyl adjacent to an activating group) is 1. The number of hydrogen-bond acceptors (Lipinski definition) is 7. The normalized spacial score (nSPS) is 13.7. The second-order valence-corrected chi connectivity index (χ2v) is 15.2. The summed E-state index contributed by atoms with van der Waals surface area (Å²) in [5, 5.41) is 0. The summed E-state index contributed by atoms with van der Waals surface area (Å²) in [7, 11) is 2.21. The van der Waals surface area contributed by atoms with Crippen molar-refractivity contribution in [1.82, 2.24) is 14.7 Å². The number of rotatable bonds is 21. The number of benzene rings is 4. The first-order chi connectivity index (χ1) is 24.2. The maximum atomic E-state index is 5.60. The molecule has 1 aliphatic rings. The standard InChI is InChI=1S/C42H56N4OS2/c1-3-43(2)20-23-46(42-18-8-5-9-19-42)27-31-49-36-39-15-11-17-41(33-39)40-16-10-14-38(32-40)34-45(22-21-44-24-28-47-29-25-44)26-30-48-35-37-12-6-4-7-13-37/h4-19,32-33H,3,20-31,34-36H2,1-2H3. The minimum absolute atomic E-state index is 0.857. The Morgan fingerprint density at radius 2 is 1.24 bits per heavy atom. The molecule has 0 spiro atoms. The van der Waals surface area contributed by atoms with Gasteiger partial charge in [-0.2, -0.15) is 23.5 Å². The highest BCUT2D eigenvalue weighted by molar-refractivity contribution is 7.98. The Labute approximate surface area is 305 Å². The zero-order valence-corrected chi connectivity index (χ0v) is 31.4. The first-order valence-corrected chi connectivity index (χ1v) is 20.4. The second-order valence-electron chi connectivity index (χ2n) is 12.9. The lowest BCUT2D eigenvalue weighted by Crippen LogP contribution is -2.41. The van der Waals surface area contributed by atoms with Gasteiger partial charge in [-0.15, -0.1) is 0 Å². The minimum Gasteiger partial charge on any atom is -0.379 e. The molecular formula is C42H56N4OS2. The fourth-order valence-corrected chi connectivity index (χ4v) is 7.98. The van der Waals surface area contributed by atoms with Crippen molar-refractivity contribution in [2.45, 2.75) is 25.0 Å². The lowest BCUT2D eigenvalue weighted by molar-refractivity contribution is 0.0333. The van der Waals surface area contributed by atoms with E-state index in [1.165, 1.54) is 33.5 Å².